The Labute approximate surface area is 227 Å². The first-order chi connectivity index (χ1) is 18.1. The highest BCUT2D eigenvalue weighted by molar-refractivity contribution is 7.92. The number of hydrogen-bond acceptors (Lipinski definition) is 6. The fourth-order valence-corrected chi connectivity index (χ4v) is 6.82. The van der Waals surface area contributed by atoms with Gasteiger partial charge in [-0.05, 0) is 60.9 Å². The van der Waals surface area contributed by atoms with E-state index in [0.29, 0.717) is 18.8 Å². The molecule has 9 nitrogen and oxygen atoms in total. The topological polar surface area (TPSA) is 122 Å². The molecule has 4 rings (SSSR count). The van der Waals surface area contributed by atoms with Gasteiger partial charge in [0, 0.05) is 25.3 Å². The molecule has 38 heavy (non-hydrogen) atoms. The third-order valence-corrected chi connectivity index (χ3v) is 9.55. The van der Waals surface area contributed by atoms with E-state index >= 15 is 0 Å². The molecule has 0 bridgehead atoms. The first-order valence-corrected chi connectivity index (χ1v) is 15.3. The summed E-state index contributed by atoms with van der Waals surface area (Å²) in [5, 5.41) is 2.74. The van der Waals surface area contributed by atoms with E-state index in [4.69, 9.17) is 16.3 Å². The van der Waals surface area contributed by atoms with Gasteiger partial charge in [0.15, 0.2) is 6.61 Å². The Morgan fingerprint density at radius 1 is 0.868 bits per heavy atom. The van der Waals surface area contributed by atoms with Crippen LogP contribution in [0.25, 0.3) is 0 Å². The quantitative estimate of drug-likeness (QED) is 0.375. The summed E-state index contributed by atoms with van der Waals surface area (Å²) < 4.78 is 60.2. The SMILES string of the molecule is O=C(COc1ccc(S(=O)(=O)Nc2ccccc2)cc1Cl)NCc1ccc(S(=O)(=O)N2CCCCC2)cc1. The molecule has 202 valence electrons. The minimum absolute atomic E-state index is 0.0410. The highest BCUT2D eigenvalue weighted by atomic mass is 35.5. The van der Waals surface area contributed by atoms with Crippen LogP contribution in [0.5, 0.6) is 5.75 Å². The van der Waals surface area contributed by atoms with Gasteiger partial charge in [0.05, 0.1) is 14.8 Å². The van der Waals surface area contributed by atoms with Gasteiger partial charge in [-0.2, -0.15) is 4.31 Å². The summed E-state index contributed by atoms with van der Waals surface area (Å²) >= 11 is 6.20. The van der Waals surface area contributed by atoms with Crippen molar-refractivity contribution < 1.29 is 26.4 Å². The molecule has 1 aliphatic rings. The predicted octanol–water partition coefficient (Wildman–Crippen LogP) is 4.01. The van der Waals surface area contributed by atoms with Crippen LogP contribution in [-0.2, 0) is 31.4 Å². The molecular formula is C26H28ClN3O6S2. The standard InChI is InChI=1S/C26H28ClN3O6S2/c27-24-17-23(37(32,33)29-21-7-3-1-4-8-21)13-14-25(24)36-19-26(31)28-18-20-9-11-22(12-10-20)38(34,35)30-15-5-2-6-16-30/h1,3-4,7-14,17,29H,2,5-6,15-16,18-19H2,(H,28,31). The molecule has 1 saturated heterocycles. The van der Waals surface area contributed by atoms with Crippen molar-refractivity contribution in [3.05, 3.63) is 83.4 Å². The van der Waals surface area contributed by atoms with Crippen LogP contribution < -0.4 is 14.8 Å². The maximum Gasteiger partial charge on any atom is 0.261 e. The van der Waals surface area contributed by atoms with Crippen molar-refractivity contribution in [2.24, 2.45) is 0 Å². The Kier molecular flexibility index (Phi) is 8.93. The molecule has 1 amide bonds. The van der Waals surface area contributed by atoms with Crippen molar-refractivity contribution in [1.82, 2.24) is 9.62 Å². The second-order valence-corrected chi connectivity index (χ2v) is 12.8. The highest BCUT2D eigenvalue weighted by Crippen LogP contribution is 2.28. The van der Waals surface area contributed by atoms with Crippen molar-refractivity contribution in [2.75, 3.05) is 24.4 Å². The Hall–Kier alpha value is -3.12. The molecule has 3 aromatic carbocycles. The van der Waals surface area contributed by atoms with E-state index in [2.05, 4.69) is 10.0 Å². The number of nitrogens with zero attached hydrogens (tertiary/aromatic N) is 1. The van der Waals surface area contributed by atoms with Gasteiger partial charge in [0.2, 0.25) is 10.0 Å². The fraction of sp³-hybridized carbons (Fsp3) is 0.269. The maximum absolute atomic E-state index is 12.8. The fourth-order valence-electron chi connectivity index (χ4n) is 3.91. The molecular weight excluding hydrogens is 550 g/mol. The molecule has 0 aromatic heterocycles. The molecule has 1 aliphatic heterocycles. The Morgan fingerprint density at radius 2 is 1.53 bits per heavy atom. The highest BCUT2D eigenvalue weighted by Gasteiger charge is 2.25. The van der Waals surface area contributed by atoms with Crippen molar-refractivity contribution in [1.29, 1.82) is 0 Å². The lowest BCUT2D eigenvalue weighted by Gasteiger charge is -2.25. The second-order valence-electron chi connectivity index (χ2n) is 8.74. The summed E-state index contributed by atoms with van der Waals surface area (Å²) in [5.74, 6) is -0.263. The monoisotopic (exact) mass is 577 g/mol. The van der Waals surface area contributed by atoms with E-state index in [1.807, 2.05) is 0 Å². The van der Waals surface area contributed by atoms with E-state index < -0.39 is 26.0 Å². The second kappa shape index (κ2) is 12.2. The van der Waals surface area contributed by atoms with Crippen LogP contribution in [0.4, 0.5) is 5.69 Å². The van der Waals surface area contributed by atoms with E-state index in [0.717, 1.165) is 24.8 Å². The number of amides is 1. The van der Waals surface area contributed by atoms with Crippen LogP contribution in [0.2, 0.25) is 5.02 Å². The van der Waals surface area contributed by atoms with Crippen LogP contribution >= 0.6 is 11.6 Å². The predicted molar refractivity (Wildman–Crippen MR) is 145 cm³/mol. The minimum atomic E-state index is -3.85. The van der Waals surface area contributed by atoms with Gasteiger partial charge < -0.3 is 10.1 Å². The molecule has 2 N–H and O–H groups in total. The van der Waals surface area contributed by atoms with Gasteiger partial charge >= 0.3 is 0 Å². The number of nitrogens with one attached hydrogen (secondary N) is 2. The number of sulfonamides is 2. The van der Waals surface area contributed by atoms with Gasteiger partial charge in [0.25, 0.3) is 15.9 Å². The number of benzene rings is 3. The zero-order chi connectivity index (χ0) is 27.2. The normalized spacial score (nSPS) is 14.6. The maximum atomic E-state index is 12.8. The molecule has 0 spiro atoms. The lowest BCUT2D eigenvalue weighted by molar-refractivity contribution is -0.123. The zero-order valence-electron chi connectivity index (χ0n) is 20.5. The number of carbonyl (C=O) groups excluding carboxylic acids is 1. The van der Waals surface area contributed by atoms with Gasteiger partial charge in [-0.3, -0.25) is 9.52 Å². The number of carbonyl (C=O) groups is 1. The summed E-state index contributed by atoms with van der Waals surface area (Å²) in [4.78, 5) is 12.5. The Bertz CT molecular complexity index is 1480. The number of para-hydroxylation sites is 1. The molecule has 0 aliphatic carbocycles. The number of piperidine rings is 1. The average molecular weight is 578 g/mol. The summed E-state index contributed by atoms with van der Waals surface area (Å²) in [6.45, 7) is 0.915. The number of halogens is 1. The van der Waals surface area contributed by atoms with Crippen LogP contribution in [0.3, 0.4) is 0 Å². The molecule has 0 saturated carbocycles. The minimum Gasteiger partial charge on any atom is -0.482 e. The van der Waals surface area contributed by atoms with Gasteiger partial charge in [0.1, 0.15) is 5.75 Å². The molecule has 1 heterocycles. The number of ether oxygens (including phenoxy) is 1. The van der Waals surface area contributed by atoms with E-state index in [1.54, 1.807) is 54.6 Å². The van der Waals surface area contributed by atoms with E-state index in [9.17, 15) is 21.6 Å². The lowest BCUT2D eigenvalue weighted by atomic mass is 10.2. The van der Waals surface area contributed by atoms with Crippen molar-refractivity contribution in [3.8, 4) is 5.75 Å². The molecule has 1 fully saturated rings. The molecule has 0 unspecified atom stereocenters. The smallest absolute Gasteiger partial charge is 0.261 e. The summed E-state index contributed by atoms with van der Waals surface area (Å²) in [6.07, 6.45) is 2.77. The van der Waals surface area contributed by atoms with Crippen LogP contribution in [-0.4, -0.2) is 46.7 Å². The van der Waals surface area contributed by atoms with Crippen LogP contribution in [0.1, 0.15) is 24.8 Å². The van der Waals surface area contributed by atoms with Crippen molar-refractivity contribution >= 4 is 43.2 Å². The zero-order valence-corrected chi connectivity index (χ0v) is 22.9. The van der Waals surface area contributed by atoms with Gasteiger partial charge in [-0.25, -0.2) is 16.8 Å². The molecule has 0 radical (unpaired) electrons. The van der Waals surface area contributed by atoms with Gasteiger partial charge in [-0.15, -0.1) is 0 Å². The van der Waals surface area contributed by atoms with Crippen molar-refractivity contribution in [3.63, 3.8) is 0 Å². The van der Waals surface area contributed by atoms with Crippen LogP contribution in [0.15, 0.2) is 82.6 Å². The molecule has 12 heteroatoms. The summed E-state index contributed by atoms with van der Waals surface area (Å²) in [6, 6.07) is 18.8. The summed E-state index contributed by atoms with van der Waals surface area (Å²) in [5.41, 5.74) is 1.15. The van der Waals surface area contributed by atoms with Gasteiger partial charge in [-0.1, -0.05) is 48.4 Å². The third-order valence-electron chi connectivity index (χ3n) is 5.96. The number of hydrogen-bond donors (Lipinski definition) is 2. The van der Waals surface area contributed by atoms with Crippen LogP contribution in [0, 0.1) is 0 Å². The number of anilines is 1. The average Bonchev–Trinajstić information content (AvgIpc) is 2.92. The van der Waals surface area contributed by atoms with Crippen molar-refractivity contribution in [2.45, 2.75) is 35.6 Å². The Balaban J connectivity index is 1.28. The number of rotatable bonds is 10. The lowest BCUT2D eigenvalue weighted by Crippen LogP contribution is -2.35. The first-order valence-electron chi connectivity index (χ1n) is 12.0. The van der Waals surface area contributed by atoms with E-state index in [1.165, 1.54) is 22.5 Å². The van der Waals surface area contributed by atoms with E-state index in [-0.39, 0.29) is 33.7 Å². The Morgan fingerprint density at radius 3 is 2.18 bits per heavy atom. The molecule has 3 aromatic rings. The largest absolute Gasteiger partial charge is 0.482 e. The molecule has 0 atom stereocenters. The third kappa shape index (κ3) is 7.04. The summed E-state index contributed by atoms with van der Waals surface area (Å²) in [7, 11) is -7.36. The first kappa shape index (κ1) is 27.9.